The van der Waals surface area contributed by atoms with Crippen LogP contribution in [0.2, 0.25) is 0 Å². The van der Waals surface area contributed by atoms with Crippen molar-refractivity contribution >= 4 is 27.5 Å². The van der Waals surface area contributed by atoms with E-state index >= 15 is 0 Å². The third kappa shape index (κ3) is 4.26. The highest BCUT2D eigenvalue weighted by atomic mass is 79.9. The van der Waals surface area contributed by atoms with Crippen LogP contribution in [-0.4, -0.2) is 43.9 Å². The smallest absolute Gasteiger partial charge is 0.280 e. The Labute approximate surface area is 184 Å². The number of hydrogen-bond donors (Lipinski definition) is 1. The molecule has 0 radical (unpaired) electrons. The summed E-state index contributed by atoms with van der Waals surface area (Å²) in [6, 6.07) is 8.19. The number of ether oxygens (including phenoxy) is 1. The second-order valence-electron chi connectivity index (χ2n) is 6.54. The van der Waals surface area contributed by atoms with Crippen molar-refractivity contribution < 1.29 is 18.3 Å². The Hall–Kier alpha value is -3.34. The Kier molecular flexibility index (Phi) is 5.94. The number of nitrogens with one attached hydrogen (secondary N) is 1. The lowest BCUT2D eigenvalue weighted by atomic mass is 10.1. The molecule has 0 aliphatic heterocycles. The number of methoxy groups -OCH3 is 1. The number of amides is 1. The maximum absolute atomic E-state index is 13.7. The topological polar surface area (TPSA) is 86.3 Å². The first-order valence-electron chi connectivity index (χ1n) is 9.24. The first-order chi connectivity index (χ1) is 15.0. The summed E-state index contributed by atoms with van der Waals surface area (Å²) in [5.74, 6) is 0.0154. The molecule has 0 saturated carbocycles. The molecule has 160 valence electrons. The van der Waals surface area contributed by atoms with Gasteiger partial charge < -0.3 is 10.1 Å². The number of para-hydroxylation sites is 1. The fourth-order valence-corrected chi connectivity index (χ4v) is 3.46. The fraction of sp³-hybridized carbons (Fsp3) is 0.200. The van der Waals surface area contributed by atoms with Crippen molar-refractivity contribution in [1.82, 2.24) is 29.7 Å². The van der Waals surface area contributed by atoms with Crippen molar-refractivity contribution in [3.05, 3.63) is 64.7 Å². The van der Waals surface area contributed by atoms with Gasteiger partial charge in [-0.25, -0.2) is 18.3 Å². The number of fused-ring (bicyclic) bond motifs is 1. The van der Waals surface area contributed by atoms with E-state index in [1.807, 2.05) is 0 Å². The van der Waals surface area contributed by atoms with Crippen LogP contribution in [0.5, 0.6) is 5.75 Å². The van der Waals surface area contributed by atoms with Gasteiger partial charge in [0.25, 0.3) is 12.3 Å². The van der Waals surface area contributed by atoms with Gasteiger partial charge in [-0.3, -0.25) is 9.48 Å². The molecular formula is C20H17BrF2N6O2. The Morgan fingerprint density at radius 3 is 2.77 bits per heavy atom. The minimum absolute atomic E-state index is 0.0399. The zero-order chi connectivity index (χ0) is 22.0. The van der Waals surface area contributed by atoms with Crippen LogP contribution in [0.4, 0.5) is 8.78 Å². The van der Waals surface area contributed by atoms with Crippen molar-refractivity contribution in [2.45, 2.75) is 13.0 Å². The number of rotatable bonds is 7. The summed E-state index contributed by atoms with van der Waals surface area (Å²) in [4.78, 5) is 17.2. The Morgan fingerprint density at radius 1 is 1.26 bits per heavy atom. The molecule has 1 N–H and O–H groups in total. The van der Waals surface area contributed by atoms with E-state index in [2.05, 4.69) is 36.4 Å². The van der Waals surface area contributed by atoms with E-state index in [9.17, 15) is 13.6 Å². The largest absolute Gasteiger partial charge is 0.496 e. The molecule has 1 amide bonds. The molecule has 3 aromatic heterocycles. The fourth-order valence-electron chi connectivity index (χ4n) is 3.14. The Morgan fingerprint density at radius 2 is 2.06 bits per heavy atom. The van der Waals surface area contributed by atoms with Crippen molar-refractivity contribution in [2.75, 3.05) is 13.7 Å². The molecule has 1 aromatic carbocycles. The monoisotopic (exact) mass is 490 g/mol. The second kappa shape index (κ2) is 8.80. The molecule has 3 heterocycles. The number of hydrogen-bond acceptors (Lipinski definition) is 5. The van der Waals surface area contributed by atoms with Crippen molar-refractivity contribution in [1.29, 1.82) is 0 Å². The van der Waals surface area contributed by atoms with E-state index < -0.39 is 12.3 Å². The second-order valence-corrected chi connectivity index (χ2v) is 7.45. The van der Waals surface area contributed by atoms with E-state index in [0.29, 0.717) is 17.9 Å². The normalized spacial score (nSPS) is 11.3. The van der Waals surface area contributed by atoms with Crippen LogP contribution < -0.4 is 10.1 Å². The van der Waals surface area contributed by atoms with Crippen LogP contribution in [0.3, 0.4) is 0 Å². The van der Waals surface area contributed by atoms with Crippen molar-refractivity contribution in [2.24, 2.45) is 0 Å². The van der Waals surface area contributed by atoms with Crippen LogP contribution in [0.1, 0.15) is 22.5 Å². The Balaban J connectivity index is 1.68. The summed E-state index contributed by atoms with van der Waals surface area (Å²) < 4.78 is 36.3. The molecule has 0 bridgehead atoms. The molecule has 0 fully saturated rings. The summed E-state index contributed by atoms with van der Waals surface area (Å²) in [6.07, 6.45) is 1.84. The predicted octanol–water partition coefficient (Wildman–Crippen LogP) is 3.73. The van der Waals surface area contributed by atoms with Gasteiger partial charge in [-0.2, -0.15) is 10.2 Å². The summed E-state index contributed by atoms with van der Waals surface area (Å²) >= 11 is 3.31. The zero-order valence-electron chi connectivity index (χ0n) is 16.3. The first-order valence-corrected chi connectivity index (χ1v) is 10.0. The van der Waals surface area contributed by atoms with E-state index in [-0.39, 0.29) is 29.1 Å². The number of benzene rings is 1. The average molecular weight is 491 g/mol. The van der Waals surface area contributed by atoms with Crippen LogP contribution in [-0.2, 0) is 6.54 Å². The van der Waals surface area contributed by atoms with Gasteiger partial charge in [-0.1, -0.05) is 12.1 Å². The third-order valence-electron chi connectivity index (χ3n) is 4.58. The Bertz CT molecular complexity index is 1240. The summed E-state index contributed by atoms with van der Waals surface area (Å²) in [7, 11) is 1.49. The highest BCUT2D eigenvalue weighted by molar-refractivity contribution is 9.10. The van der Waals surface area contributed by atoms with Crippen LogP contribution in [0, 0.1) is 0 Å². The molecule has 0 unspecified atom stereocenters. The third-order valence-corrected chi connectivity index (χ3v) is 4.99. The molecule has 4 rings (SSSR count). The van der Waals surface area contributed by atoms with Crippen molar-refractivity contribution in [3.8, 4) is 17.0 Å². The number of carbonyl (C=O) groups excluding carboxylic acids is 1. The van der Waals surface area contributed by atoms with E-state index in [1.165, 1.54) is 19.4 Å². The first kappa shape index (κ1) is 20.9. The minimum atomic E-state index is -2.81. The van der Waals surface area contributed by atoms with E-state index in [4.69, 9.17) is 4.74 Å². The SMILES string of the molecule is COc1ccccc1-c1cc(C(F)F)n2ncc(C(=O)NCCn3cc(Br)cn3)c2n1. The standard InChI is InChI=1S/C20H17BrF2N6O2/c1-31-17-5-3-2-4-13(17)15-8-16(18(22)23)29-19(27-15)14(10-26-29)20(30)24-6-7-28-11-12(21)9-25-28/h2-5,8-11,18H,6-7H2,1H3,(H,24,30). The molecule has 11 heteroatoms. The highest BCUT2D eigenvalue weighted by Crippen LogP contribution is 2.32. The van der Waals surface area contributed by atoms with Gasteiger partial charge in [-0.05, 0) is 34.1 Å². The molecule has 8 nitrogen and oxygen atoms in total. The van der Waals surface area contributed by atoms with E-state index in [1.54, 1.807) is 41.3 Å². The van der Waals surface area contributed by atoms with Crippen LogP contribution >= 0.6 is 15.9 Å². The van der Waals surface area contributed by atoms with Gasteiger partial charge in [-0.15, -0.1) is 0 Å². The molecular weight excluding hydrogens is 474 g/mol. The summed E-state index contributed by atoms with van der Waals surface area (Å²) in [5, 5.41) is 10.8. The number of nitrogens with zero attached hydrogens (tertiary/aromatic N) is 5. The quantitative estimate of drug-likeness (QED) is 0.426. The highest BCUT2D eigenvalue weighted by Gasteiger charge is 2.22. The summed E-state index contributed by atoms with van der Waals surface area (Å²) in [5.41, 5.74) is 0.562. The molecule has 0 spiro atoms. The summed E-state index contributed by atoms with van der Waals surface area (Å²) in [6.45, 7) is 0.733. The van der Waals surface area contributed by atoms with Gasteiger partial charge in [0, 0.05) is 18.3 Å². The number of alkyl halides is 2. The van der Waals surface area contributed by atoms with E-state index in [0.717, 1.165) is 8.99 Å². The molecule has 0 aliphatic carbocycles. The lowest BCUT2D eigenvalue weighted by Crippen LogP contribution is -2.27. The van der Waals surface area contributed by atoms with Gasteiger partial charge in [0.2, 0.25) is 0 Å². The molecule has 0 atom stereocenters. The number of carbonyl (C=O) groups is 1. The number of halogens is 3. The molecule has 4 aromatic rings. The predicted molar refractivity (Wildman–Crippen MR) is 112 cm³/mol. The molecule has 31 heavy (non-hydrogen) atoms. The van der Waals surface area contributed by atoms with Gasteiger partial charge in [0.15, 0.2) is 5.65 Å². The minimum Gasteiger partial charge on any atom is -0.496 e. The molecule has 0 saturated heterocycles. The lowest BCUT2D eigenvalue weighted by Gasteiger charge is -2.11. The van der Waals surface area contributed by atoms with Crippen molar-refractivity contribution in [3.63, 3.8) is 0 Å². The maximum atomic E-state index is 13.7. The van der Waals surface area contributed by atoms with Gasteiger partial charge >= 0.3 is 0 Å². The van der Waals surface area contributed by atoms with Gasteiger partial charge in [0.1, 0.15) is 17.0 Å². The lowest BCUT2D eigenvalue weighted by molar-refractivity contribution is 0.0953. The van der Waals surface area contributed by atoms with Gasteiger partial charge in [0.05, 0.1) is 36.2 Å². The van der Waals surface area contributed by atoms with Crippen LogP contribution in [0.15, 0.2) is 53.4 Å². The van der Waals surface area contributed by atoms with Crippen LogP contribution in [0.25, 0.3) is 16.9 Å². The number of aromatic nitrogens is 5. The molecule has 0 aliphatic rings. The average Bonchev–Trinajstić information content (AvgIpc) is 3.38. The maximum Gasteiger partial charge on any atom is 0.280 e. The zero-order valence-corrected chi connectivity index (χ0v) is 17.9.